The van der Waals surface area contributed by atoms with Crippen LogP contribution in [0.1, 0.15) is 111 Å². The lowest BCUT2D eigenvalue weighted by atomic mass is 9.43. The Bertz CT molecular complexity index is 685. The van der Waals surface area contributed by atoms with Gasteiger partial charge in [-0.1, -0.05) is 26.7 Å². The van der Waals surface area contributed by atoms with Gasteiger partial charge in [0.25, 0.3) is 0 Å². The second kappa shape index (κ2) is 8.14. The number of aliphatic hydroxyl groups is 2. The van der Waals surface area contributed by atoms with E-state index in [1.807, 2.05) is 13.8 Å². The molecule has 2 N–H and O–H groups in total. The largest absolute Gasteiger partial charge is 0.417 e. The van der Waals surface area contributed by atoms with Gasteiger partial charge in [-0.2, -0.15) is 13.2 Å². The van der Waals surface area contributed by atoms with E-state index in [1.54, 1.807) is 0 Å². The predicted octanol–water partition coefficient (Wildman–Crippen LogP) is 7.27. The third-order valence-corrected chi connectivity index (χ3v) is 11.0. The zero-order valence-electron chi connectivity index (χ0n) is 20.6. The summed E-state index contributed by atoms with van der Waals surface area (Å²) in [6.07, 6.45) is 6.96. The first-order valence-electron chi connectivity index (χ1n) is 13.2. The molecule has 186 valence electrons. The number of hydrogen-bond acceptors (Lipinski definition) is 2. The van der Waals surface area contributed by atoms with Crippen LogP contribution in [-0.4, -0.2) is 27.6 Å². The van der Waals surface area contributed by atoms with Gasteiger partial charge < -0.3 is 10.2 Å². The molecule has 4 fully saturated rings. The summed E-state index contributed by atoms with van der Waals surface area (Å²) in [6, 6.07) is 0. The van der Waals surface area contributed by atoms with Gasteiger partial charge in [-0.25, -0.2) is 0 Å². The lowest BCUT2D eigenvalue weighted by molar-refractivity contribution is -0.290. The van der Waals surface area contributed by atoms with Crippen molar-refractivity contribution in [3.8, 4) is 0 Å². The Hall–Kier alpha value is -0.290. The molecule has 2 nitrogen and oxygen atoms in total. The second-order valence-corrected chi connectivity index (χ2v) is 13.3. The van der Waals surface area contributed by atoms with Crippen LogP contribution in [0.25, 0.3) is 0 Å². The zero-order valence-corrected chi connectivity index (χ0v) is 20.6. The molecule has 0 bridgehead atoms. The Morgan fingerprint density at radius 1 is 0.844 bits per heavy atom. The maximum atomic E-state index is 13.5. The molecule has 0 aromatic rings. The highest BCUT2D eigenvalue weighted by Crippen LogP contribution is 2.69. The zero-order chi connectivity index (χ0) is 23.6. The van der Waals surface area contributed by atoms with Gasteiger partial charge >= 0.3 is 6.18 Å². The molecular formula is C27H45F3O2. The average molecular weight is 459 g/mol. The van der Waals surface area contributed by atoms with E-state index in [1.165, 1.54) is 32.1 Å². The molecule has 4 rings (SSSR count). The highest BCUT2D eigenvalue weighted by molar-refractivity contribution is 5.11. The molecule has 5 heteroatoms. The Balaban J connectivity index is 1.43. The normalized spacial score (nSPS) is 47.0. The van der Waals surface area contributed by atoms with Crippen LogP contribution in [0.15, 0.2) is 0 Å². The first-order valence-corrected chi connectivity index (χ1v) is 13.2. The molecule has 4 aliphatic carbocycles. The van der Waals surface area contributed by atoms with Crippen LogP contribution < -0.4 is 0 Å². The summed E-state index contributed by atoms with van der Waals surface area (Å²) >= 11 is 0. The number of fused-ring (bicyclic) bond motifs is 5. The minimum absolute atomic E-state index is 0.00693. The lowest BCUT2D eigenvalue weighted by Crippen LogP contribution is -2.59. The predicted molar refractivity (Wildman–Crippen MR) is 121 cm³/mol. The highest BCUT2D eigenvalue weighted by Gasteiger charge is 2.64. The second-order valence-electron chi connectivity index (χ2n) is 13.3. The summed E-state index contributed by atoms with van der Waals surface area (Å²) in [5.41, 5.74) is -2.73. The number of unbranched alkanes of at least 4 members (excludes halogenated alkanes) is 1. The molecule has 0 unspecified atom stereocenters. The van der Waals surface area contributed by atoms with E-state index in [9.17, 15) is 23.4 Å². The van der Waals surface area contributed by atoms with E-state index < -0.39 is 17.4 Å². The molecular weight excluding hydrogens is 413 g/mol. The molecule has 0 spiro atoms. The Morgan fingerprint density at radius 2 is 1.53 bits per heavy atom. The smallest absolute Gasteiger partial charge is 0.390 e. The topological polar surface area (TPSA) is 40.5 Å². The average Bonchev–Trinajstić information content (AvgIpc) is 3.01. The van der Waals surface area contributed by atoms with Crippen molar-refractivity contribution in [3.05, 3.63) is 0 Å². The molecule has 0 aromatic carbocycles. The Labute approximate surface area is 192 Å². The molecule has 4 saturated carbocycles. The van der Waals surface area contributed by atoms with Crippen molar-refractivity contribution in [2.24, 2.45) is 40.4 Å². The first-order chi connectivity index (χ1) is 14.7. The van der Waals surface area contributed by atoms with Gasteiger partial charge in [0, 0.05) is 0 Å². The Kier molecular flexibility index (Phi) is 6.31. The van der Waals surface area contributed by atoms with Crippen LogP contribution in [0.3, 0.4) is 0 Å². The molecule has 0 aromatic heterocycles. The van der Waals surface area contributed by atoms with E-state index in [0.717, 1.165) is 38.0 Å². The van der Waals surface area contributed by atoms with E-state index in [2.05, 4.69) is 13.8 Å². The molecule has 0 amide bonds. The Morgan fingerprint density at radius 3 is 2.19 bits per heavy atom. The summed E-state index contributed by atoms with van der Waals surface area (Å²) < 4.78 is 40.6. The summed E-state index contributed by atoms with van der Waals surface area (Å²) in [6.45, 7) is 8.55. The van der Waals surface area contributed by atoms with Gasteiger partial charge in [0.05, 0.1) is 5.60 Å². The highest BCUT2D eigenvalue weighted by atomic mass is 19.4. The van der Waals surface area contributed by atoms with Crippen molar-refractivity contribution in [1.82, 2.24) is 0 Å². The number of halogens is 3. The molecule has 0 heterocycles. The minimum atomic E-state index is -4.51. The van der Waals surface area contributed by atoms with Crippen LogP contribution in [0, 0.1) is 40.4 Å². The fourth-order valence-electron chi connectivity index (χ4n) is 9.03. The maximum Gasteiger partial charge on any atom is 0.417 e. The fraction of sp³-hybridized carbons (Fsp3) is 1.00. The standard InChI is InChI=1S/C27H45F3O2/c1-23(2,31)13-6-5-7-18-9-11-21-20-10-8-19-17-26(32,27(28,29)30)16-15-25(19,4)22(20)12-14-24(18,21)3/h18-22,31-32H,5-17H2,1-4H3/t18-,19+,20+,21+,22+,24-,25+,26+/m1/s1. The third kappa shape index (κ3) is 4.16. The quantitative estimate of drug-likeness (QED) is 0.425. The molecule has 0 radical (unpaired) electrons. The van der Waals surface area contributed by atoms with Crippen LogP contribution in [0.4, 0.5) is 13.2 Å². The van der Waals surface area contributed by atoms with Gasteiger partial charge in [-0.15, -0.1) is 0 Å². The van der Waals surface area contributed by atoms with E-state index in [4.69, 9.17) is 0 Å². The summed E-state index contributed by atoms with van der Waals surface area (Å²) in [7, 11) is 0. The maximum absolute atomic E-state index is 13.5. The van der Waals surface area contributed by atoms with Gasteiger partial charge in [0.2, 0.25) is 0 Å². The van der Waals surface area contributed by atoms with Gasteiger partial charge in [0.15, 0.2) is 5.60 Å². The van der Waals surface area contributed by atoms with Crippen molar-refractivity contribution in [2.75, 3.05) is 0 Å². The van der Waals surface area contributed by atoms with E-state index in [-0.39, 0.29) is 24.2 Å². The van der Waals surface area contributed by atoms with Crippen LogP contribution in [-0.2, 0) is 0 Å². The van der Waals surface area contributed by atoms with E-state index in [0.29, 0.717) is 29.6 Å². The van der Waals surface area contributed by atoms with Gasteiger partial charge in [0.1, 0.15) is 0 Å². The van der Waals surface area contributed by atoms with Crippen molar-refractivity contribution in [1.29, 1.82) is 0 Å². The fourth-order valence-corrected chi connectivity index (χ4v) is 9.03. The van der Waals surface area contributed by atoms with Crippen LogP contribution in [0.5, 0.6) is 0 Å². The molecule has 0 saturated heterocycles. The molecule has 0 aliphatic heterocycles. The van der Waals surface area contributed by atoms with Crippen molar-refractivity contribution < 1.29 is 23.4 Å². The molecule has 8 atom stereocenters. The number of hydrogen-bond donors (Lipinski definition) is 2. The number of alkyl halides is 3. The van der Waals surface area contributed by atoms with Crippen LogP contribution in [0.2, 0.25) is 0 Å². The van der Waals surface area contributed by atoms with Crippen molar-refractivity contribution >= 4 is 0 Å². The third-order valence-electron chi connectivity index (χ3n) is 11.0. The van der Waals surface area contributed by atoms with Crippen LogP contribution >= 0.6 is 0 Å². The van der Waals surface area contributed by atoms with E-state index >= 15 is 0 Å². The van der Waals surface area contributed by atoms with Crippen molar-refractivity contribution in [2.45, 2.75) is 129 Å². The lowest BCUT2D eigenvalue weighted by Gasteiger charge is -2.62. The molecule has 32 heavy (non-hydrogen) atoms. The summed E-state index contributed by atoms with van der Waals surface area (Å²) in [5, 5.41) is 20.4. The first kappa shape index (κ1) is 24.8. The van der Waals surface area contributed by atoms with Gasteiger partial charge in [-0.05, 0) is 125 Å². The minimum Gasteiger partial charge on any atom is -0.390 e. The monoisotopic (exact) mass is 458 g/mol. The summed E-state index contributed by atoms with van der Waals surface area (Å²) in [4.78, 5) is 0. The van der Waals surface area contributed by atoms with Crippen molar-refractivity contribution in [3.63, 3.8) is 0 Å². The molecule has 4 aliphatic rings. The SMILES string of the molecule is CC(C)(O)CCCC[C@@H]1CC[C@H]2[C@@H]3CC[C@H]4C[C@](O)(C(F)(F)F)CC[C@]4(C)[C@H]3CC[C@]12C. The summed E-state index contributed by atoms with van der Waals surface area (Å²) in [5.74, 6) is 2.62. The van der Waals surface area contributed by atoms with Gasteiger partial charge in [-0.3, -0.25) is 0 Å². The number of rotatable bonds is 5.